The van der Waals surface area contributed by atoms with Crippen LogP contribution in [0.2, 0.25) is 0 Å². The molecule has 2 aliphatic rings. The third-order valence-electron chi connectivity index (χ3n) is 5.66. The average molecular weight is 373 g/mol. The molecule has 0 saturated carbocycles. The molecule has 4 rings (SSSR count). The molecule has 0 aromatic carbocycles. The van der Waals surface area contributed by atoms with Crippen molar-refractivity contribution in [3.8, 4) is 0 Å². The lowest BCUT2D eigenvalue weighted by molar-refractivity contribution is -0.00704. The molecule has 8 heteroatoms. The second kappa shape index (κ2) is 7.09. The number of carbonyl (C=O) groups is 1. The first-order chi connectivity index (χ1) is 12.9. The van der Waals surface area contributed by atoms with Gasteiger partial charge in [-0.2, -0.15) is 5.10 Å². The summed E-state index contributed by atoms with van der Waals surface area (Å²) in [5.74, 6) is 0.894. The van der Waals surface area contributed by atoms with Crippen molar-refractivity contribution in [2.75, 3.05) is 26.2 Å². The fourth-order valence-electron chi connectivity index (χ4n) is 4.06. The van der Waals surface area contributed by atoms with Gasteiger partial charge >= 0.3 is 0 Å². The summed E-state index contributed by atoms with van der Waals surface area (Å²) in [5, 5.41) is 11.4. The number of nitrogens with one attached hydrogen (secondary N) is 1. The Morgan fingerprint density at radius 2 is 1.96 bits per heavy atom. The molecular formula is C19H27N5O3. The standard InChI is InChI=1S/C19H27N5O3/c1-11-9-15-17(14(4)26-11)20-21-18(15)19(25)24-7-5-23(6-8-24)10-16-12(2)22-27-13(16)3/h11,14H,5-10H2,1-4H3,(H,20,21)/t11-,14+/m1/s1. The van der Waals surface area contributed by atoms with Gasteiger partial charge in [0, 0.05) is 50.3 Å². The smallest absolute Gasteiger partial charge is 0.274 e. The number of fused-ring (bicyclic) bond motifs is 1. The molecular weight excluding hydrogens is 346 g/mol. The van der Waals surface area contributed by atoms with E-state index in [9.17, 15) is 4.79 Å². The van der Waals surface area contributed by atoms with Crippen LogP contribution in [0.5, 0.6) is 0 Å². The maximum Gasteiger partial charge on any atom is 0.274 e. The van der Waals surface area contributed by atoms with Gasteiger partial charge in [-0.15, -0.1) is 0 Å². The molecule has 0 aliphatic carbocycles. The first-order valence-electron chi connectivity index (χ1n) is 9.60. The monoisotopic (exact) mass is 373 g/mol. The molecule has 2 atom stereocenters. The maximum absolute atomic E-state index is 13.0. The molecule has 4 heterocycles. The number of carbonyl (C=O) groups excluding carboxylic acids is 1. The van der Waals surface area contributed by atoms with Crippen LogP contribution in [0, 0.1) is 13.8 Å². The number of amides is 1. The molecule has 1 saturated heterocycles. The lowest BCUT2D eigenvalue weighted by atomic mass is 9.99. The van der Waals surface area contributed by atoms with E-state index < -0.39 is 0 Å². The van der Waals surface area contributed by atoms with Crippen molar-refractivity contribution in [3.63, 3.8) is 0 Å². The minimum absolute atomic E-state index is 0.0192. The van der Waals surface area contributed by atoms with Gasteiger partial charge in [-0.05, 0) is 27.7 Å². The number of ether oxygens (including phenoxy) is 1. The van der Waals surface area contributed by atoms with Crippen molar-refractivity contribution in [1.29, 1.82) is 0 Å². The summed E-state index contributed by atoms with van der Waals surface area (Å²) in [5.41, 5.74) is 4.61. The van der Waals surface area contributed by atoms with Crippen LogP contribution in [0.4, 0.5) is 0 Å². The quantitative estimate of drug-likeness (QED) is 0.885. The van der Waals surface area contributed by atoms with E-state index in [1.54, 1.807) is 0 Å². The highest BCUT2D eigenvalue weighted by Gasteiger charge is 2.32. The summed E-state index contributed by atoms with van der Waals surface area (Å²) in [7, 11) is 0. The van der Waals surface area contributed by atoms with Gasteiger partial charge in [0.25, 0.3) is 5.91 Å². The van der Waals surface area contributed by atoms with Crippen LogP contribution in [0.3, 0.4) is 0 Å². The topological polar surface area (TPSA) is 87.5 Å². The third-order valence-corrected chi connectivity index (χ3v) is 5.66. The first kappa shape index (κ1) is 18.2. The maximum atomic E-state index is 13.0. The van der Waals surface area contributed by atoms with Gasteiger partial charge < -0.3 is 14.2 Å². The molecule has 0 bridgehead atoms. The van der Waals surface area contributed by atoms with Crippen LogP contribution in [0.15, 0.2) is 4.52 Å². The predicted octanol–water partition coefficient (Wildman–Crippen LogP) is 1.99. The first-order valence-corrected chi connectivity index (χ1v) is 9.60. The highest BCUT2D eigenvalue weighted by atomic mass is 16.5. The minimum atomic E-state index is -0.0512. The fraction of sp³-hybridized carbons (Fsp3) is 0.632. The number of rotatable bonds is 3. The molecule has 2 aromatic heterocycles. The molecule has 27 heavy (non-hydrogen) atoms. The Kier molecular flexibility index (Phi) is 4.77. The van der Waals surface area contributed by atoms with Gasteiger partial charge in [-0.3, -0.25) is 14.8 Å². The van der Waals surface area contributed by atoms with E-state index in [0.29, 0.717) is 18.8 Å². The number of aromatic nitrogens is 3. The Hall–Kier alpha value is -2.19. The Bertz CT molecular complexity index is 815. The fourth-order valence-corrected chi connectivity index (χ4v) is 4.06. The number of aryl methyl sites for hydroxylation is 2. The number of hydrogen-bond acceptors (Lipinski definition) is 6. The van der Waals surface area contributed by atoms with Crippen LogP contribution in [-0.2, 0) is 17.7 Å². The van der Waals surface area contributed by atoms with Gasteiger partial charge in [0.05, 0.1) is 23.6 Å². The SMILES string of the molecule is Cc1noc(C)c1CN1CCN(C(=O)c2n[nH]c3c2C[C@@H](C)O[C@H]3C)CC1. The number of piperazine rings is 1. The van der Waals surface area contributed by atoms with Gasteiger partial charge in [0.1, 0.15) is 5.76 Å². The summed E-state index contributed by atoms with van der Waals surface area (Å²) in [6.45, 7) is 11.8. The van der Waals surface area contributed by atoms with E-state index in [2.05, 4.69) is 20.3 Å². The number of nitrogens with zero attached hydrogens (tertiary/aromatic N) is 4. The summed E-state index contributed by atoms with van der Waals surface area (Å²) >= 11 is 0. The third kappa shape index (κ3) is 3.39. The molecule has 146 valence electrons. The van der Waals surface area contributed by atoms with Gasteiger partial charge in [0.2, 0.25) is 0 Å². The van der Waals surface area contributed by atoms with E-state index in [1.165, 1.54) is 0 Å². The van der Waals surface area contributed by atoms with E-state index in [4.69, 9.17) is 9.26 Å². The van der Waals surface area contributed by atoms with Crippen LogP contribution in [-0.4, -0.2) is 63.3 Å². The second-order valence-electron chi connectivity index (χ2n) is 7.63. The van der Waals surface area contributed by atoms with Crippen LogP contribution >= 0.6 is 0 Å². The molecule has 1 N–H and O–H groups in total. The zero-order chi connectivity index (χ0) is 19.1. The van der Waals surface area contributed by atoms with E-state index >= 15 is 0 Å². The van der Waals surface area contributed by atoms with Crippen molar-refractivity contribution in [2.24, 2.45) is 0 Å². The van der Waals surface area contributed by atoms with E-state index in [-0.39, 0.29) is 18.1 Å². The molecule has 8 nitrogen and oxygen atoms in total. The van der Waals surface area contributed by atoms with Crippen molar-refractivity contribution < 1.29 is 14.1 Å². The molecule has 0 radical (unpaired) electrons. The van der Waals surface area contributed by atoms with Crippen LogP contribution < -0.4 is 0 Å². The summed E-state index contributed by atoms with van der Waals surface area (Å²) < 4.78 is 11.1. The Morgan fingerprint density at radius 1 is 1.22 bits per heavy atom. The average Bonchev–Trinajstić information content (AvgIpc) is 3.20. The number of H-pyrrole nitrogens is 1. The lowest BCUT2D eigenvalue weighted by Crippen LogP contribution is -2.48. The zero-order valence-electron chi connectivity index (χ0n) is 16.4. The van der Waals surface area contributed by atoms with Crippen molar-refractivity contribution in [1.82, 2.24) is 25.2 Å². The summed E-state index contributed by atoms with van der Waals surface area (Å²) in [6, 6.07) is 0. The Labute approximate surface area is 158 Å². The Balaban J connectivity index is 1.41. The molecule has 0 unspecified atom stereocenters. The predicted molar refractivity (Wildman–Crippen MR) is 98.4 cm³/mol. The minimum Gasteiger partial charge on any atom is -0.369 e. The van der Waals surface area contributed by atoms with Crippen molar-refractivity contribution in [2.45, 2.75) is 52.9 Å². The number of hydrogen-bond donors (Lipinski definition) is 1. The highest BCUT2D eigenvalue weighted by molar-refractivity contribution is 5.94. The molecule has 1 fully saturated rings. The highest BCUT2D eigenvalue weighted by Crippen LogP contribution is 2.30. The van der Waals surface area contributed by atoms with E-state index in [1.807, 2.05) is 32.6 Å². The molecule has 2 aromatic rings. The summed E-state index contributed by atoms with van der Waals surface area (Å²) in [6.07, 6.45) is 0.775. The Morgan fingerprint density at radius 3 is 2.63 bits per heavy atom. The van der Waals surface area contributed by atoms with Crippen molar-refractivity contribution in [3.05, 3.63) is 34.0 Å². The summed E-state index contributed by atoms with van der Waals surface area (Å²) in [4.78, 5) is 17.3. The normalized spacial score (nSPS) is 23.5. The van der Waals surface area contributed by atoms with Crippen molar-refractivity contribution >= 4 is 5.91 Å². The van der Waals surface area contributed by atoms with Crippen LogP contribution in [0.1, 0.15) is 58.7 Å². The van der Waals surface area contributed by atoms with Gasteiger partial charge in [0.15, 0.2) is 5.69 Å². The zero-order valence-corrected chi connectivity index (χ0v) is 16.4. The second-order valence-corrected chi connectivity index (χ2v) is 7.63. The van der Waals surface area contributed by atoms with E-state index in [0.717, 1.165) is 54.3 Å². The molecule has 2 aliphatic heterocycles. The van der Waals surface area contributed by atoms with Gasteiger partial charge in [-0.25, -0.2) is 0 Å². The molecule has 1 amide bonds. The lowest BCUT2D eigenvalue weighted by Gasteiger charge is -2.34. The molecule has 0 spiro atoms. The number of aromatic amines is 1. The van der Waals surface area contributed by atoms with Crippen LogP contribution in [0.25, 0.3) is 0 Å². The van der Waals surface area contributed by atoms with Gasteiger partial charge in [-0.1, -0.05) is 5.16 Å². The largest absolute Gasteiger partial charge is 0.369 e.